The van der Waals surface area contributed by atoms with Gasteiger partial charge in [-0.2, -0.15) is 5.10 Å². The van der Waals surface area contributed by atoms with Crippen LogP contribution in [0.1, 0.15) is 18.3 Å². The van der Waals surface area contributed by atoms with Crippen LogP contribution in [0.2, 0.25) is 0 Å². The van der Waals surface area contributed by atoms with Gasteiger partial charge < -0.3 is 9.30 Å². The molecule has 0 aliphatic carbocycles. The molecule has 0 saturated carbocycles. The van der Waals surface area contributed by atoms with Gasteiger partial charge >= 0.3 is 0 Å². The summed E-state index contributed by atoms with van der Waals surface area (Å²) in [6, 6.07) is 15.3. The quantitative estimate of drug-likeness (QED) is 0.556. The number of benzene rings is 2. The summed E-state index contributed by atoms with van der Waals surface area (Å²) in [5, 5.41) is 3.99. The van der Waals surface area contributed by atoms with Crippen molar-refractivity contribution in [2.45, 2.75) is 13.3 Å². The SMILES string of the molecule is CCOc1ccc(/C=N/NC(=O)Cc2nc3ccccc3n2C)cc1. The van der Waals surface area contributed by atoms with E-state index in [0.29, 0.717) is 12.4 Å². The molecule has 0 aliphatic heterocycles. The number of hydrogen-bond acceptors (Lipinski definition) is 4. The van der Waals surface area contributed by atoms with Crippen molar-refractivity contribution < 1.29 is 9.53 Å². The number of nitrogens with zero attached hydrogens (tertiary/aromatic N) is 3. The molecule has 0 atom stereocenters. The molecule has 3 aromatic rings. The Labute approximate surface area is 146 Å². The minimum absolute atomic E-state index is 0.172. The number of ether oxygens (including phenoxy) is 1. The second kappa shape index (κ2) is 7.61. The molecule has 1 N–H and O–H groups in total. The van der Waals surface area contributed by atoms with E-state index in [0.717, 1.165) is 22.3 Å². The van der Waals surface area contributed by atoms with E-state index < -0.39 is 0 Å². The minimum atomic E-state index is -0.208. The lowest BCUT2D eigenvalue weighted by Crippen LogP contribution is -2.21. The van der Waals surface area contributed by atoms with Crippen molar-refractivity contribution in [1.29, 1.82) is 0 Å². The second-order valence-electron chi connectivity index (χ2n) is 5.55. The van der Waals surface area contributed by atoms with Gasteiger partial charge in [0, 0.05) is 7.05 Å². The highest BCUT2D eigenvalue weighted by Gasteiger charge is 2.10. The number of carbonyl (C=O) groups excluding carboxylic acids is 1. The highest BCUT2D eigenvalue weighted by Crippen LogP contribution is 2.14. The normalized spacial score (nSPS) is 11.1. The fourth-order valence-electron chi connectivity index (χ4n) is 2.53. The number of hydrazone groups is 1. The zero-order valence-corrected chi connectivity index (χ0v) is 14.3. The molecule has 3 rings (SSSR count). The Kier molecular flexibility index (Phi) is 5.09. The summed E-state index contributed by atoms with van der Waals surface area (Å²) in [6.07, 6.45) is 1.77. The second-order valence-corrected chi connectivity index (χ2v) is 5.55. The molecule has 6 heteroatoms. The van der Waals surface area contributed by atoms with Gasteiger partial charge in [0.25, 0.3) is 0 Å². The predicted octanol–water partition coefficient (Wildman–Crippen LogP) is 2.66. The van der Waals surface area contributed by atoms with Crippen LogP contribution >= 0.6 is 0 Å². The van der Waals surface area contributed by atoms with Crippen LogP contribution in [-0.2, 0) is 18.3 Å². The zero-order valence-electron chi connectivity index (χ0n) is 14.3. The van der Waals surface area contributed by atoms with Crippen molar-refractivity contribution in [2.75, 3.05) is 6.61 Å². The molecule has 1 aromatic heterocycles. The predicted molar refractivity (Wildman–Crippen MR) is 97.8 cm³/mol. The first-order valence-electron chi connectivity index (χ1n) is 8.12. The van der Waals surface area contributed by atoms with Crippen molar-refractivity contribution in [3.63, 3.8) is 0 Å². The maximum absolute atomic E-state index is 12.1. The van der Waals surface area contributed by atoms with E-state index in [1.54, 1.807) is 6.21 Å². The summed E-state index contributed by atoms with van der Waals surface area (Å²) < 4.78 is 7.30. The van der Waals surface area contributed by atoms with Crippen LogP contribution in [0.5, 0.6) is 5.75 Å². The molecule has 2 aromatic carbocycles. The Morgan fingerprint density at radius 2 is 2.00 bits per heavy atom. The maximum Gasteiger partial charge on any atom is 0.247 e. The molecule has 1 amide bonds. The number of amides is 1. The van der Waals surface area contributed by atoms with Crippen molar-refractivity contribution in [3.05, 3.63) is 59.9 Å². The van der Waals surface area contributed by atoms with Crippen LogP contribution in [0, 0.1) is 0 Å². The van der Waals surface area contributed by atoms with E-state index in [9.17, 15) is 4.79 Å². The largest absolute Gasteiger partial charge is 0.494 e. The Balaban J connectivity index is 1.59. The van der Waals surface area contributed by atoms with Gasteiger partial charge in [-0.05, 0) is 48.9 Å². The molecular weight excluding hydrogens is 316 g/mol. The van der Waals surface area contributed by atoms with Crippen LogP contribution in [0.25, 0.3) is 11.0 Å². The van der Waals surface area contributed by atoms with Crippen LogP contribution in [0.4, 0.5) is 0 Å². The Hall–Kier alpha value is -3.15. The van der Waals surface area contributed by atoms with E-state index >= 15 is 0 Å². The van der Waals surface area contributed by atoms with Gasteiger partial charge in [0.2, 0.25) is 5.91 Å². The zero-order chi connectivity index (χ0) is 17.6. The Morgan fingerprint density at radius 3 is 2.72 bits per heavy atom. The van der Waals surface area contributed by atoms with Gasteiger partial charge in [-0.1, -0.05) is 12.1 Å². The number of nitrogens with one attached hydrogen (secondary N) is 1. The fraction of sp³-hybridized carbons (Fsp3) is 0.211. The molecule has 25 heavy (non-hydrogen) atoms. The van der Waals surface area contributed by atoms with Crippen LogP contribution in [-0.4, -0.2) is 28.3 Å². The number of aryl methyl sites for hydroxylation is 1. The molecule has 128 valence electrons. The lowest BCUT2D eigenvalue weighted by molar-refractivity contribution is -0.120. The minimum Gasteiger partial charge on any atom is -0.494 e. The van der Waals surface area contributed by atoms with Crippen LogP contribution in [0.15, 0.2) is 53.6 Å². The number of aromatic nitrogens is 2. The van der Waals surface area contributed by atoms with E-state index in [-0.39, 0.29) is 12.3 Å². The Morgan fingerprint density at radius 1 is 1.24 bits per heavy atom. The van der Waals surface area contributed by atoms with Crippen molar-refractivity contribution in [1.82, 2.24) is 15.0 Å². The number of carbonyl (C=O) groups is 1. The van der Waals surface area contributed by atoms with Gasteiger partial charge in [0.15, 0.2) is 0 Å². The molecule has 0 radical (unpaired) electrons. The molecule has 0 bridgehead atoms. The third kappa shape index (κ3) is 4.03. The first-order chi connectivity index (χ1) is 12.2. The van der Waals surface area contributed by atoms with Gasteiger partial charge in [0.05, 0.1) is 30.3 Å². The highest BCUT2D eigenvalue weighted by molar-refractivity contribution is 5.84. The molecule has 0 saturated heterocycles. The summed E-state index contributed by atoms with van der Waals surface area (Å²) >= 11 is 0. The van der Waals surface area contributed by atoms with Crippen molar-refractivity contribution >= 4 is 23.2 Å². The molecular formula is C19H20N4O2. The topological polar surface area (TPSA) is 68.5 Å². The number of para-hydroxylation sites is 2. The van der Waals surface area contributed by atoms with Crippen molar-refractivity contribution in [2.24, 2.45) is 12.1 Å². The van der Waals surface area contributed by atoms with E-state index in [4.69, 9.17) is 4.74 Å². The summed E-state index contributed by atoms with van der Waals surface area (Å²) in [5.74, 6) is 1.31. The molecule has 6 nitrogen and oxygen atoms in total. The molecule has 0 fully saturated rings. The fourth-order valence-corrected chi connectivity index (χ4v) is 2.53. The average Bonchev–Trinajstić information content (AvgIpc) is 2.93. The maximum atomic E-state index is 12.1. The third-order valence-electron chi connectivity index (χ3n) is 3.79. The molecule has 0 spiro atoms. The highest BCUT2D eigenvalue weighted by atomic mass is 16.5. The summed E-state index contributed by atoms with van der Waals surface area (Å²) in [5.41, 5.74) is 5.30. The summed E-state index contributed by atoms with van der Waals surface area (Å²) in [6.45, 7) is 2.57. The Bertz CT molecular complexity index is 897. The van der Waals surface area contributed by atoms with Gasteiger partial charge in [-0.25, -0.2) is 10.4 Å². The number of hydrogen-bond donors (Lipinski definition) is 1. The summed E-state index contributed by atoms with van der Waals surface area (Å²) in [7, 11) is 1.90. The van der Waals surface area contributed by atoms with Crippen LogP contribution < -0.4 is 10.2 Å². The third-order valence-corrected chi connectivity index (χ3v) is 3.79. The monoisotopic (exact) mass is 336 g/mol. The standard InChI is InChI=1S/C19H20N4O2/c1-3-25-15-10-8-14(9-11-15)13-20-22-19(24)12-18-21-16-6-4-5-7-17(16)23(18)2/h4-11,13H,3,12H2,1-2H3,(H,22,24)/b20-13+. The van der Waals surface area contributed by atoms with Crippen LogP contribution in [0.3, 0.4) is 0 Å². The number of fused-ring (bicyclic) bond motifs is 1. The van der Waals surface area contributed by atoms with E-state index in [1.165, 1.54) is 0 Å². The molecule has 0 aliphatic rings. The number of imidazole rings is 1. The van der Waals surface area contributed by atoms with Gasteiger partial charge in [0.1, 0.15) is 11.6 Å². The van der Waals surface area contributed by atoms with E-state index in [1.807, 2.05) is 67.1 Å². The van der Waals surface area contributed by atoms with E-state index in [2.05, 4.69) is 15.5 Å². The first kappa shape index (κ1) is 16.7. The molecule has 0 unspecified atom stereocenters. The van der Waals surface area contributed by atoms with Gasteiger partial charge in [-0.15, -0.1) is 0 Å². The lowest BCUT2D eigenvalue weighted by Gasteiger charge is -2.03. The smallest absolute Gasteiger partial charge is 0.247 e. The number of rotatable bonds is 6. The summed E-state index contributed by atoms with van der Waals surface area (Å²) in [4.78, 5) is 16.6. The average molecular weight is 336 g/mol. The van der Waals surface area contributed by atoms with Gasteiger partial charge in [-0.3, -0.25) is 4.79 Å². The molecule has 1 heterocycles. The van der Waals surface area contributed by atoms with Crippen molar-refractivity contribution in [3.8, 4) is 5.75 Å². The first-order valence-corrected chi connectivity index (χ1v) is 8.12. The lowest BCUT2D eigenvalue weighted by atomic mass is 10.2.